The lowest BCUT2D eigenvalue weighted by atomic mass is 10.0. The zero-order valence-electron chi connectivity index (χ0n) is 18.5. The zero-order valence-corrected chi connectivity index (χ0v) is 18.5. The topological polar surface area (TPSA) is 85.6 Å². The molecule has 0 unspecified atom stereocenters. The van der Waals surface area contributed by atoms with Crippen LogP contribution in [0.15, 0.2) is 97.7 Å². The van der Waals surface area contributed by atoms with Gasteiger partial charge in [0.1, 0.15) is 11.5 Å². The van der Waals surface area contributed by atoms with Crippen LogP contribution in [0.2, 0.25) is 0 Å². The number of carbonyl (C=O) groups is 1. The Morgan fingerprint density at radius 2 is 1.53 bits per heavy atom. The molecule has 178 valence electrons. The number of halogens is 3. The molecular weight excluding hydrogens is 469 g/mol. The molecule has 0 aliphatic heterocycles. The number of hydrogen-bond acceptors (Lipinski definition) is 5. The summed E-state index contributed by atoms with van der Waals surface area (Å²) in [5.74, 6) is -0.223. The quantitative estimate of drug-likeness (QED) is 0.346. The van der Waals surface area contributed by atoms with Gasteiger partial charge in [0, 0.05) is 41.5 Å². The summed E-state index contributed by atoms with van der Waals surface area (Å²) in [5.41, 5.74) is 1.80. The molecule has 0 spiro atoms. The van der Waals surface area contributed by atoms with E-state index in [2.05, 4.69) is 25.4 Å². The lowest BCUT2D eigenvalue weighted by molar-refractivity contribution is -0.142. The number of amides is 1. The van der Waals surface area contributed by atoms with E-state index in [9.17, 15) is 18.0 Å². The molecular formula is C26H17F3N6O. The van der Waals surface area contributed by atoms with Crippen molar-refractivity contribution in [3.05, 3.63) is 109 Å². The second-order valence-corrected chi connectivity index (χ2v) is 7.74. The first-order valence-corrected chi connectivity index (χ1v) is 10.7. The van der Waals surface area contributed by atoms with Crippen LogP contribution in [0.25, 0.3) is 28.1 Å². The Morgan fingerprint density at radius 3 is 2.17 bits per heavy atom. The van der Waals surface area contributed by atoms with E-state index in [-0.39, 0.29) is 17.2 Å². The summed E-state index contributed by atoms with van der Waals surface area (Å²) >= 11 is 0. The van der Waals surface area contributed by atoms with Crippen LogP contribution in [0.1, 0.15) is 16.1 Å². The van der Waals surface area contributed by atoms with Crippen molar-refractivity contribution in [1.82, 2.24) is 24.7 Å². The number of nitrogens with one attached hydrogen (secondary N) is 1. The highest BCUT2D eigenvalue weighted by atomic mass is 19.4. The van der Waals surface area contributed by atoms with Gasteiger partial charge < -0.3 is 5.32 Å². The Balaban J connectivity index is 1.39. The molecule has 0 atom stereocenters. The van der Waals surface area contributed by atoms with E-state index in [1.54, 1.807) is 48.8 Å². The van der Waals surface area contributed by atoms with Crippen LogP contribution in [0.3, 0.4) is 0 Å². The van der Waals surface area contributed by atoms with Crippen molar-refractivity contribution in [1.29, 1.82) is 0 Å². The fourth-order valence-electron chi connectivity index (χ4n) is 3.58. The van der Waals surface area contributed by atoms with Gasteiger partial charge in [0.15, 0.2) is 0 Å². The first kappa shape index (κ1) is 22.9. The van der Waals surface area contributed by atoms with Crippen LogP contribution in [0, 0.1) is 0 Å². The molecule has 1 N–H and O–H groups in total. The number of benzene rings is 1. The fourth-order valence-corrected chi connectivity index (χ4v) is 3.58. The van der Waals surface area contributed by atoms with Gasteiger partial charge in [0.2, 0.25) is 0 Å². The molecule has 5 rings (SSSR count). The minimum absolute atomic E-state index is 0.0917. The molecule has 0 aliphatic carbocycles. The Kier molecular flexibility index (Phi) is 5.99. The number of alkyl halides is 3. The summed E-state index contributed by atoms with van der Waals surface area (Å²) in [6.07, 6.45) is 2.90. The molecule has 36 heavy (non-hydrogen) atoms. The van der Waals surface area contributed by atoms with Crippen LogP contribution in [-0.4, -0.2) is 30.6 Å². The van der Waals surface area contributed by atoms with Crippen molar-refractivity contribution in [2.75, 3.05) is 5.32 Å². The van der Waals surface area contributed by atoms with Gasteiger partial charge in [-0.05, 0) is 54.1 Å². The van der Waals surface area contributed by atoms with E-state index in [0.717, 1.165) is 21.9 Å². The van der Waals surface area contributed by atoms with Gasteiger partial charge in [-0.3, -0.25) is 14.8 Å². The summed E-state index contributed by atoms with van der Waals surface area (Å²) in [5, 5.41) is 6.78. The van der Waals surface area contributed by atoms with E-state index in [1.165, 1.54) is 30.7 Å². The molecule has 1 amide bonds. The highest BCUT2D eigenvalue weighted by molar-refractivity contribution is 6.04. The van der Waals surface area contributed by atoms with Crippen molar-refractivity contribution in [3.8, 4) is 28.1 Å². The first-order chi connectivity index (χ1) is 17.4. The van der Waals surface area contributed by atoms with Gasteiger partial charge in [0.25, 0.3) is 5.91 Å². The van der Waals surface area contributed by atoms with E-state index in [1.807, 2.05) is 12.1 Å². The number of hydrogen-bond donors (Lipinski definition) is 1. The molecule has 4 heterocycles. The van der Waals surface area contributed by atoms with Gasteiger partial charge in [-0.25, -0.2) is 9.67 Å². The average Bonchev–Trinajstić information content (AvgIpc) is 3.37. The van der Waals surface area contributed by atoms with E-state index < -0.39 is 17.8 Å². The molecule has 10 heteroatoms. The molecule has 4 aromatic heterocycles. The number of anilines is 1. The van der Waals surface area contributed by atoms with Gasteiger partial charge in [-0.1, -0.05) is 18.2 Å². The lowest BCUT2D eigenvalue weighted by Crippen LogP contribution is -2.15. The van der Waals surface area contributed by atoms with Gasteiger partial charge >= 0.3 is 6.18 Å². The predicted octanol–water partition coefficient (Wildman–Crippen LogP) is 5.66. The zero-order chi connectivity index (χ0) is 25.1. The summed E-state index contributed by atoms with van der Waals surface area (Å²) in [7, 11) is 0. The molecule has 0 saturated carbocycles. The second kappa shape index (κ2) is 9.41. The normalized spacial score (nSPS) is 11.3. The highest BCUT2D eigenvalue weighted by Crippen LogP contribution is 2.34. The molecule has 0 aliphatic rings. The molecule has 5 aromatic rings. The summed E-state index contributed by atoms with van der Waals surface area (Å²) < 4.78 is 41.9. The maximum Gasteiger partial charge on any atom is 0.433 e. The summed E-state index contributed by atoms with van der Waals surface area (Å²) in [4.78, 5) is 24.9. The van der Waals surface area contributed by atoms with Crippen LogP contribution in [0.4, 0.5) is 19.0 Å². The average molecular weight is 486 g/mol. The fraction of sp³-hybridized carbons (Fsp3) is 0.0385. The number of rotatable bonds is 5. The number of pyridine rings is 3. The predicted molar refractivity (Wildman–Crippen MR) is 127 cm³/mol. The van der Waals surface area contributed by atoms with Crippen molar-refractivity contribution in [3.63, 3.8) is 0 Å². The lowest BCUT2D eigenvalue weighted by Gasteiger charge is -2.11. The maximum atomic E-state index is 13.7. The second-order valence-electron chi connectivity index (χ2n) is 7.74. The minimum Gasteiger partial charge on any atom is -0.307 e. The van der Waals surface area contributed by atoms with E-state index in [4.69, 9.17) is 0 Å². The number of nitrogens with zero attached hydrogens (tertiary/aromatic N) is 5. The van der Waals surface area contributed by atoms with Gasteiger partial charge in [-0.2, -0.15) is 18.3 Å². The van der Waals surface area contributed by atoms with Crippen LogP contribution < -0.4 is 5.32 Å². The monoisotopic (exact) mass is 486 g/mol. The molecule has 0 saturated heterocycles. The van der Waals surface area contributed by atoms with Gasteiger partial charge in [-0.15, -0.1) is 0 Å². The Bertz CT molecular complexity index is 1500. The maximum absolute atomic E-state index is 13.7. The van der Waals surface area contributed by atoms with Crippen molar-refractivity contribution in [2.45, 2.75) is 6.18 Å². The molecule has 0 fully saturated rings. The summed E-state index contributed by atoms with van der Waals surface area (Å²) in [6, 6.07) is 17.7. The Morgan fingerprint density at radius 1 is 0.806 bits per heavy atom. The standard InChI is InChI=1S/C26H17F3N6O/c27-26(28,29)23-13-22(20-7-3-11-31-15-20)34-35(23)21-8-9-24(32-16-21)33-25(36)18-5-1-4-17(12-18)19-6-2-10-30-14-19/h1-16H,(H,32,33,36). The smallest absolute Gasteiger partial charge is 0.307 e. The van der Waals surface area contributed by atoms with Crippen LogP contribution >= 0.6 is 0 Å². The van der Waals surface area contributed by atoms with Crippen LogP contribution in [0.5, 0.6) is 0 Å². The van der Waals surface area contributed by atoms with Crippen molar-refractivity contribution >= 4 is 11.7 Å². The molecule has 1 aromatic carbocycles. The van der Waals surface area contributed by atoms with Crippen molar-refractivity contribution in [2.24, 2.45) is 0 Å². The third kappa shape index (κ3) is 4.83. The van der Waals surface area contributed by atoms with Gasteiger partial charge in [0.05, 0.1) is 17.6 Å². The molecule has 0 radical (unpaired) electrons. The number of aromatic nitrogens is 5. The SMILES string of the molecule is O=C(Nc1ccc(-n2nc(-c3cccnc3)cc2C(F)(F)F)cn1)c1cccc(-c2cccnc2)c1. The summed E-state index contributed by atoms with van der Waals surface area (Å²) in [6.45, 7) is 0. The Hall–Kier alpha value is -4.86. The molecule has 0 bridgehead atoms. The number of carbonyl (C=O) groups excluding carboxylic acids is 1. The largest absolute Gasteiger partial charge is 0.433 e. The third-order valence-electron chi connectivity index (χ3n) is 5.31. The third-order valence-corrected chi connectivity index (χ3v) is 5.31. The minimum atomic E-state index is -4.64. The van der Waals surface area contributed by atoms with E-state index >= 15 is 0 Å². The van der Waals surface area contributed by atoms with Crippen LogP contribution in [-0.2, 0) is 6.18 Å². The van der Waals surface area contributed by atoms with E-state index in [0.29, 0.717) is 11.1 Å². The highest BCUT2D eigenvalue weighted by Gasteiger charge is 2.36. The first-order valence-electron chi connectivity index (χ1n) is 10.7. The Labute approximate surface area is 203 Å². The molecule has 7 nitrogen and oxygen atoms in total. The van der Waals surface area contributed by atoms with Crippen molar-refractivity contribution < 1.29 is 18.0 Å².